The van der Waals surface area contributed by atoms with Crippen molar-refractivity contribution in [1.29, 1.82) is 0 Å². The molecule has 1 heterocycles. The fourth-order valence-electron chi connectivity index (χ4n) is 3.62. The van der Waals surface area contributed by atoms with E-state index in [9.17, 15) is 27.9 Å². The number of pyridine rings is 1. The van der Waals surface area contributed by atoms with Crippen LogP contribution in [0.2, 0.25) is 0 Å². The van der Waals surface area contributed by atoms with E-state index < -0.39 is 52.9 Å². The molecule has 2 aromatic rings. The van der Waals surface area contributed by atoms with Crippen LogP contribution in [0.3, 0.4) is 0 Å². The van der Waals surface area contributed by atoms with Crippen molar-refractivity contribution in [2.45, 2.75) is 46.1 Å². The number of benzene rings is 1. The minimum Gasteiger partial charge on any atom is -0.503 e. The number of nitrogens with zero attached hydrogens (tertiary/aromatic N) is 1. The van der Waals surface area contributed by atoms with Crippen LogP contribution in [0.25, 0.3) is 0 Å². The Morgan fingerprint density at radius 1 is 1.09 bits per heavy atom. The molecule has 1 aromatic carbocycles. The molecule has 0 unspecified atom stereocenters. The Morgan fingerprint density at radius 3 is 2.22 bits per heavy atom. The number of Topliss-reactive ketones (excluding diaryl/α,β-unsaturated/α-hetero) is 1. The van der Waals surface area contributed by atoms with E-state index in [1.807, 2.05) is 0 Å². The van der Waals surface area contributed by atoms with Gasteiger partial charge < -0.3 is 14.6 Å². The molecule has 0 radical (unpaired) electrons. The van der Waals surface area contributed by atoms with E-state index >= 15 is 0 Å². The van der Waals surface area contributed by atoms with E-state index in [2.05, 4.69) is 4.98 Å². The third-order valence-corrected chi connectivity index (χ3v) is 5.17. The fourth-order valence-corrected chi connectivity index (χ4v) is 3.62. The van der Waals surface area contributed by atoms with E-state index in [4.69, 9.17) is 9.47 Å². The maximum Gasteiger partial charge on any atom is 0.309 e. The molecule has 174 valence electrons. The Balaban J connectivity index is 2.15. The van der Waals surface area contributed by atoms with Crippen LogP contribution in [-0.2, 0) is 9.53 Å². The zero-order valence-corrected chi connectivity index (χ0v) is 18.5. The molecule has 0 saturated heterocycles. The van der Waals surface area contributed by atoms with Gasteiger partial charge in [-0.2, -0.15) is 0 Å². The molecule has 0 amide bonds. The number of aromatic hydroxyl groups is 1. The van der Waals surface area contributed by atoms with Gasteiger partial charge in [0, 0.05) is 42.3 Å². The van der Waals surface area contributed by atoms with Crippen LogP contribution in [0.1, 0.15) is 56.1 Å². The highest BCUT2D eigenvalue weighted by Gasteiger charge is 2.33. The number of carbonyl (C=O) groups excluding carboxylic acids is 2. The van der Waals surface area contributed by atoms with Crippen molar-refractivity contribution < 1.29 is 37.3 Å². The number of ketones is 1. The molecule has 1 N–H and O–H groups in total. The van der Waals surface area contributed by atoms with Gasteiger partial charge in [0.05, 0.1) is 13.0 Å². The smallest absolute Gasteiger partial charge is 0.309 e. The molecule has 0 bridgehead atoms. The van der Waals surface area contributed by atoms with Crippen molar-refractivity contribution in [3.05, 3.63) is 53.1 Å². The summed E-state index contributed by atoms with van der Waals surface area (Å²) >= 11 is 0. The van der Waals surface area contributed by atoms with Crippen LogP contribution < -0.4 is 4.74 Å². The number of halogens is 3. The van der Waals surface area contributed by atoms with Crippen molar-refractivity contribution in [3.63, 3.8) is 0 Å². The van der Waals surface area contributed by atoms with Crippen LogP contribution in [0.15, 0.2) is 24.4 Å². The van der Waals surface area contributed by atoms with Gasteiger partial charge >= 0.3 is 5.97 Å². The average molecular weight is 453 g/mol. The van der Waals surface area contributed by atoms with Crippen molar-refractivity contribution in [2.24, 2.45) is 11.8 Å². The average Bonchev–Trinajstić information content (AvgIpc) is 2.69. The molecular formula is C23H26F3NO5. The molecule has 0 aliphatic carbocycles. The number of hydrogen-bond donors (Lipinski definition) is 1. The van der Waals surface area contributed by atoms with Gasteiger partial charge in [0.25, 0.3) is 0 Å². The standard InChI is InChI=1S/C23H26F3NO5/c1-11(2)19(20-15(25)9-14(24)10-16(20)26)13(4)32-23(30)12(3)8-17(28)21-22(29)18(31-5)6-7-27-21/h6-7,9-13,19,29H,8H2,1-5H3/t12-,13+,19-/m1/s1. The Kier molecular flexibility index (Phi) is 8.24. The second kappa shape index (κ2) is 10.5. The lowest BCUT2D eigenvalue weighted by molar-refractivity contribution is -0.154. The van der Waals surface area contributed by atoms with Gasteiger partial charge in [0.2, 0.25) is 0 Å². The zero-order valence-electron chi connectivity index (χ0n) is 18.5. The molecule has 9 heteroatoms. The van der Waals surface area contributed by atoms with Crippen molar-refractivity contribution in [3.8, 4) is 11.5 Å². The van der Waals surface area contributed by atoms with Gasteiger partial charge in [-0.3, -0.25) is 9.59 Å². The number of esters is 1. The Bertz CT molecular complexity index is 973. The van der Waals surface area contributed by atoms with Crippen molar-refractivity contribution in [1.82, 2.24) is 4.98 Å². The summed E-state index contributed by atoms with van der Waals surface area (Å²) in [7, 11) is 1.32. The third kappa shape index (κ3) is 5.57. The van der Waals surface area contributed by atoms with E-state index in [-0.39, 0.29) is 29.3 Å². The normalized spacial score (nSPS) is 14.0. The highest BCUT2D eigenvalue weighted by Crippen LogP contribution is 2.34. The van der Waals surface area contributed by atoms with Crippen LogP contribution >= 0.6 is 0 Å². The van der Waals surface area contributed by atoms with Crippen LogP contribution in [0.5, 0.6) is 11.5 Å². The zero-order chi connectivity index (χ0) is 24.2. The topological polar surface area (TPSA) is 85.7 Å². The number of ether oxygens (including phenoxy) is 2. The predicted molar refractivity (Wildman–Crippen MR) is 110 cm³/mol. The summed E-state index contributed by atoms with van der Waals surface area (Å²) in [4.78, 5) is 28.9. The number of carbonyl (C=O) groups is 2. The quantitative estimate of drug-likeness (QED) is 0.434. The van der Waals surface area contributed by atoms with Gasteiger partial charge in [0.15, 0.2) is 23.0 Å². The first-order chi connectivity index (χ1) is 15.0. The molecule has 32 heavy (non-hydrogen) atoms. The molecule has 0 fully saturated rings. The van der Waals surface area contributed by atoms with Crippen LogP contribution in [0.4, 0.5) is 13.2 Å². The second-order valence-electron chi connectivity index (χ2n) is 7.93. The number of hydrogen-bond acceptors (Lipinski definition) is 6. The Morgan fingerprint density at radius 2 is 1.69 bits per heavy atom. The summed E-state index contributed by atoms with van der Waals surface area (Å²) in [6.45, 7) is 6.32. The lowest BCUT2D eigenvalue weighted by Crippen LogP contribution is -2.30. The second-order valence-corrected chi connectivity index (χ2v) is 7.93. The first-order valence-electron chi connectivity index (χ1n) is 10.1. The molecular weight excluding hydrogens is 427 g/mol. The highest BCUT2D eigenvalue weighted by molar-refractivity contribution is 5.99. The summed E-state index contributed by atoms with van der Waals surface area (Å²) in [5, 5.41) is 10.1. The maximum atomic E-state index is 14.3. The SMILES string of the molecule is COc1ccnc(C(=O)C[C@@H](C)C(=O)O[C@@H](C)[C@H](c2c(F)cc(F)cc2F)C(C)C)c1O. The first kappa shape index (κ1) is 25.2. The predicted octanol–water partition coefficient (Wildman–Crippen LogP) is 4.79. The maximum absolute atomic E-state index is 14.3. The minimum absolute atomic E-state index is 0.0651. The Hall–Kier alpha value is -3.10. The number of methoxy groups -OCH3 is 1. The minimum atomic E-state index is -1.06. The van der Waals surface area contributed by atoms with E-state index in [0.29, 0.717) is 12.1 Å². The number of aromatic nitrogens is 1. The summed E-state index contributed by atoms with van der Waals surface area (Å²) in [5.74, 6) is -7.05. The van der Waals surface area contributed by atoms with Gasteiger partial charge in [-0.05, 0) is 12.8 Å². The number of rotatable bonds is 9. The van der Waals surface area contributed by atoms with Crippen LogP contribution in [0, 0.1) is 29.3 Å². The molecule has 1 aromatic heterocycles. The summed E-state index contributed by atoms with van der Waals surface area (Å²) in [6.07, 6.45) is 0.0127. The molecule has 3 atom stereocenters. The van der Waals surface area contributed by atoms with E-state index in [0.717, 1.165) is 0 Å². The summed E-state index contributed by atoms with van der Waals surface area (Å²) in [6, 6.07) is 2.54. The first-order valence-corrected chi connectivity index (χ1v) is 10.1. The molecule has 0 spiro atoms. The molecule has 0 aliphatic heterocycles. The largest absolute Gasteiger partial charge is 0.503 e. The van der Waals surface area contributed by atoms with Crippen molar-refractivity contribution in [2.75, 3.05) is 7.11 Å². The molecule has 0 aliphatic rings. The van der Waals surface area contributed by atoms with Gasteiger partial charge in [-0.1, -0.05) is 20.8 Å². The highest BCUT2D eigenvalue weighted by atomic mass is 19.1. The third-order valence-electron chi connectivity index (χ3n) is 5.17. The monoisotopic (exact) mass is 453 g/mol. The molecule has 0 saturated carbocycles. The summed E-state index contributed by atoms with van der Waals surface area (Å²) < 4.78 is 52.3. The molecule has 2 rings (SSSR count). The Labute approximate surface area is 184 Å². The van der Waals surface area contributed by atoms with Gasteiger partial charge in [0.1, 0.15) is 23.6 Å². The van der Waals surface area contributed by atoms with E-state index in [1.165, 1.54) is 33.2 Å². The van der Waals surface area contributed by atoms with Crippen molar-refractivity contribution >= 4 is 11.8 Å². The van der Waals surface area contributed by atoms with Gasteiger partial charge in [-0.25, -0.2) is 18.2 Å². The fraction of sp³-hybridized carbons (Fsp3) is 0.435. The lowest BCUT2D eigenvalue weighted by atomic mass is 9.83. The summed E-state index contributed by atoms with van der Waals surface area (Å²) in [5.41, 5.74) is -0.608. The molecule has 6 nitrogen and oxygen atoms in total. The van der Waals surface area contributed by atoms with Gasteiger partial charge in [-0.15, -0.1) is 0 Å². The lowest BCUT2D eigenvalue weighted by Gasteiger charge is -2.29. The van der Waals surface area contributed by atoms with E-state index in [1.54, 1.807) is 13.8 Å². The van der Waals surface area contributed by atoms with Crippen LogP contribution in [-0.4, -0.2) is 35.1 Å².